The second kappa shape index (κ2) is 2.50. The Kier molecular flexibility index (Phi) is 1.31. The van der Waals surface area contributed by atoms with Gasteiger partial charge in [0, 0.05) is 6.07 Å². The molecule has 15 heavy (non-hydrogen) atoms. The maximum Gasteiger partial charge on any atom is 0.327 e. The van der Waals surface area contributed by atoms with Crippen LogP contribution in [0.1, 0.15) is 0 Å². The van der Waals surface area contributed by atoms with E-state index in [2.05, 4.69) is 25.3 Å². The van der Waals surface area contributed by atoms with E-state index >= 15 is 0 Å². The van der Waals surface area contributed by atoms with Gasteiger partial charge >= 0.3 is 5.69 Å². The van der Waals surface area contributed by atoms with E-state index in [1.54, 1.807) is 6.07 Å². The highest BCUT2D eigenvalue weighted by Crippen LogP contribution is 2.02. The summed E-state index contributed by atoms with van der Waals surface area (Å²) in [4.78, 5) is 26.9. The predicted molar refractivity (Wildman–Crippen MR) is 49.5 cm³/mol. The first kappa shape index (κ1) is 7.85. The summed E-state index contributed by atoms with van der Waals surface area (Å²) in [5, 5.41) is 11.4. The molecule has 8 heteroatoms. The van der Waals surface area contributed by atoms with Crippen molar-refractivity contribution in [3.63, 3.8) is 0 Å². The van der Waals surface area contributed by atoms with E-state index in [1.807, 2.05) is 0 Å². The molecule has 0 spiro atoms. The van der Waals surface area contributed by atoms with Crippen molar-refractivity contribution in [3.8, 4) is 0 Å². The third-order valence-corrected chi connectivity index (χ3v) is 1.99. The molecule has 0 amide bonds. The van der Waals surface area contributed by atoms with Gasteiger partial charge in [0.1, 0.15) is 0 Å². The molecule has 74 valence electrons. The first-order valence-electron chi connectivity index (χ1n) is 4.08. The second-order valence-corrected chi connectivity index (χ2v) is 2.91. The van der Waals surface area contributed by atoms with Gasteiger partial charge < -0.3 is 0 Å². The maximum atomic E-state index is 11.3. The molecule has 0 aromatic carbocycles. The highest BCUT2D eigenvalue weighted by molar-refractivity contribution is 5.69. The zero-order valence-electron chi connectivity index (χ0n) is 7.26. The lowest BCUT2D eigenvalue weighted by Crippen LogP contribution is -2.24. The lowest BCUT2D eigenvalue weighted by molar-refractivity contribution is 0.900. The van der Waals surface area contributed by atoms with Crippen LogP contribution in [0, 0.1) is 0 Å². The van der Waals surface area contributed by atoms with Gasteiger partial charge in [0.25, 0.3) is 5.56 Å². The van der Waals surface area contributed by atoms with Crippen LogP contribution in [-0.4, -0.2) is 29.8 Å². The third kappa shape index (κ3) is 0.980. The van der Waals surface area contributed by atoms with E-state index < -0.39 is 11.2 Å². The molecule has 0 radical (unpaired) electrons. The van der Waals surface area contributed by atoms with E-state index in [0.29, 0.717) is 5.65 Å². The zero-order valence-corrected chi connectivity index (χ0v) is 7.26. The summed E-state index contributed by atoms with van der Waals surface area (Å²) in [5.74, 6) is 0. The van der Waals surface area contributed by atoms with Crippen molar-refractivity contribution in [1.29, 1.82) is 0 Å². The number of rotatable bonds is 0. The van der Waals surface area contributed by atoms with Gasteiger partial charge in [0.05, 0.1) is 6.20 Å². The predicted octanol–water partition coefficient (Wildman–Crippen LogP) is -1.35. The molecule has 0 atom stereocenters. The van der Waals surface area contributed by atoms with Crippen LogP contribution in [-0.2, 0) is 0 Å². The Morgan fingerprint density at radius 3 is 2.93 bits per heavy atom. The minimum absolute atomic E-state index is 0.0470. The number of hydrogen-bond donors (Lipinski definition) is 2. The number of hydrogen-bond acceptors (Lipinski definition) is 5. The maximum absolute atomic E-state index is 11.3. The molecular weight excluding hydrogens is 200 g/mol. The molecule has 0 aliphatic rings. The monoisotopic (exact) mass is 204 g/mol. The normalized spacial score (nSPS) is 11.2. The van der Waals surface area contributed by atoms with E-state index in [0.717, 1.165) is 0 Å². The van der Waals surface area contributed by atoms with Crippen LogP contribution in [0.3, 0.4) is 0 Å². The topological polar surface area (TPSA) is 109 Å². The van der Waals surface area contributed by atoms with Crippen molar-refractivity contribution < 1.29 is 0 Å². The molecule has 8 nitrogen and oxygen atoms in total. The first-order chi connectivity index (χ1) is 7.25. The van der Waals surface area contributed by atoms with Gasteiger partial charge in [-0.25, -0.2) is 4.79 Å². The summed E-state index contributed by atoms with van der Waals surface area (Å²) in [6, 6.07) is 1.62. The summed E-state index contributed by atoms with van der Waals surface area (Å²) >= 11 is 0. The molecule has 0 fully saturated rings. The number of aromatic amines is 2. The largest absolute Gasteiger partial charge is 0.327 e. The van der Waals surface area contributed by atoms with Crippen LogP contribution in [0.15, 0.2) is 21.9 Å². The molecule has 2 N–H and O–H groups in total. The highest BCUT2D eigenvalue weighted by atomic mass is 16.2. The SMILES string of the molecule is O=c1[nH]c(=O)c2nnc3ccnn3c2[nH]1. The first-order valence-corrected chi connectivity index (χ1v) is 4.08. The molecule has 0 bridgehead atoms. The molecule has 3 heterocycles. The smallest absolute Gasteiger partial charge is 0.290 e. The van der Waals surface area contributed by atoms with E-state index in [1.165, 1.54) is 10.7 Å². The van der Waals surface area contributed by atoms with Gasteiger partial charge in [-0.05, 0) is 0 Å². The lowest BCUT2D eigenvalue weighted by atomic mass is 10.5. The Morgan fingerprint density at radius 1 is 1.20 bits per heavy atom. The minimum atomic E-state index is -0.600. The Bertz CT molecular complexity index is 766. The number of nitrogens with one attached hydrogen (secondary N) is 2. The second-order valence-electron chi connectivity index (χ2n) is 2.91. The fourth-order valence-corrected chi connectivity index (χ4v) is 1.36. The van der Waals surface area contributed by atoms with Crippen molar-refractivity contribution in [2.45, 2.75) is 0 Å². The van der Waals surface area contributed by atoms with Crippen molar-refractivity contribution in [3.05, 3.63) is 33.1 Å². The fraction of sp³-hybridized carbons (Fsp3) is 0. The van der Waals surface area contributed by atoms with Crippen LogP contribution in [0.2, 0.25) is 0 Å². The van der Waals surface area contributed by atoms with Gasteiger partial charge in [-0.1, -0.05) is 0 Å². The molecule has 3 rings (SSSR count). The van der Waals surface area contributed by atoms with Gasteiger partial charge in [-0.15, -0.1) is 10.2 Å². The van der Waals surface area contributed by atoms with Crippen LogP contribution in [0.4, 0.5) is 0 Å². The molecule has 0 aliphatic heterocycles. The van der Waals surface area contributed by atoms with Gasteiger partial charge in [0.2, 0.25) is 0 Å². The van der Waals surface area contributed by atoms with Crippen molar-refractivity contribution in [1.82, 2.24) is 29.8 Å². The Morgan fingerprint density at radius 2 is 2.07 bits per heavy atom. The molecule has 0 unspecified atom stereocenters. The fourth-order valence-electron chi connectivity index (χ4n) is 1.36. The van der Waals surface area contributed by atoms with Crippen molar-refractivity contribution >= 4 is 16.8 Å². The van der Waals surface area contributed by atoms with Gasteiger partial charge in [-0.3, -0.25) is 14.8 Å². The quantitative estimate of drug-likeness (QED) is 0.470. The highest BCUT2D eigenvalue weighted by Gasteiger charge is 2.07. The Labute approximate surface area is 80.6 Å². The summed E-state index contributed by atoms with van der Waals surface area (Å²) in [6.45, 7) is 0. The average molecular weight is 204 g/mol. The standard InChI is InChI=1S/C7H4N6O2/c14-6-4-5(9-7(15)10-6)13-3(11-12-4)1-2-8-13/h1-2H,(H2,9,10,14,15). The summed E-state index contributed by atoms with van der Waals surface area (Å²) in [7, 11) is 0. The molecule has 0 saturated carbocycles. The molecule has 0 saturated heterocycles. The number of nitrogens with zero attached hydrogens (tertiary/aromatic N) is 4. The van der Waals surface area contributed by atoms with Gasteiger partial charge in [-0.2, -0.15) is 9.61 Å². The zero-order chi connectivity index (χ0) is 10.4. The number of fused-ring (bicyclic) bond motifs is 3. The van der Waals surface area contributed by atoms with Crippen LogP contribution in [0.5, 0.6) is 0 Å². The minimum Gasteiger partial charge on any atom is -0.290 e. The molecule has 0 aliphatic carbocycles. The van der Waals surface area contributed by atoms with E-state index in [4.69, 9.17) is 0 Å². The molecule has 3 aromatic rings. The van der Waals surface area contributed by atoms with Crippen molar-refractivity contribution in [2.75, 3.05) is 0 Å². The molecular formula is C7H4N6O2. The van der Waals surface area contributed by atoms with Crippen molar-refractivity contribution in [2.24, 2.45) is 0 Å². The summed E-state index contributed by atoms with van der Waals surface area (Å²) < 4.78 is 1.35. The third-order valence-electron chi connectivity index (χ3n) is 1.99. The summed E-state index contributed by atoms with van der Waals surface area (Å²) in [5.41, 5.74) is -0.441. The summed E-state index contributed by atoms with van der Waals surface area (Å²) in [6.07, 6.45) is 1.50. The average Bonchev–Trinajstić information content (AvgIpc) is 2.65. The number of H-pyrrole nitrogens is 2. The van der Waals surface area contributed by atoms with Crippen LogP contribution < -0.4 is 11.2 Å². The van der Waals surface area contributed by atoms with Crippen LogP contribution >= 0.6 is 0 Å². The van der Waals surface area contributed by atoms with E-state index in [-0.39, 0.29) is 11.2 Å². The number of aromatic nitrogens is 6. The Hall–Kier alpha value is -2.51. The molecule has 3 aromatic heterocycles. The van der Waals surface area contributed by atoms with Gasteiger partial charge in [0.15, 0.2) is 16.8 Å². The van der Waals surface area contributed by atoms with E-state index in [9.17, 15) is 9.59 Å². The van der Waals surface area contributed by atoms with Crippen LogP contribution in [0.25, 0.3) is 16.8 Å². The Balaban J connectivity index is 2.74. The lowest BCUT2D eigenvalue weighted by Gasteiger charge is -1.96.